The Morgan fingerprint density at radius 2 is 2.20 bits per heavy atom. The average molecular weight is 290 g/mol. The van der Waals surface area contributed by atoms with E-state index in [0.29, 0.717) is 17.6 Å². The van der Waals surface area contributed by atoms with E-state index < -0.39 is 0 Å². The van der Waals surface area contributed by atoms with Gasteiger partial charge in [-0.1, -0.05) is 13.8 Å². The summed E-state index contributed by atoms with van der Waals surface area (Å²) in [7, 11) is 1.76. The summed E-state index contributed by atoms with van der Waals surface area (Å²) in [6, 6.07) is 0. The highest BCUT2D eigenvalue weighted by molar-refractivity contribution is 7.05. The van der Waals surface area contributed by atoms with Crippen LogP contribution in [-0.2, 0) is 13.6 Å². The molecule has 7 nitrogen and oxygen atoms in total. The zero-order valence-electron chi connectivity index (χ0n) is 11.4. The highest BCUT2D eigenvalue weighted by Gasteiger charge is 2.11. The Kier molecular flexibility index (Phi) is 3.09. The van der Waals surface area contributed by atoms with Gasteiger partial charge in [-0.25, -0.2) is 9.97 Å². The standard InChI is InChI=1S/C12H14N6OS/c1-7(2)10-15-9(20-16-10)5-18-6-13-11-8(12(18)19)4-14-17(11)3/h4,6-7H,5H2,1-3H3. The molecule has 0 spiro atoms. The molecule has 0 aliphatic carbocycles. The Morgan fingerprint density at radius 1 is 1.40 bits per heavy atom. The zero-order valence-corrected chi connectivity index (χ0v) is 12.3. The third kappa shape index (κ3) is 2.11. The molecule has 0 aromatic carbocycles. The van der Waals surface area contributed by atoms with Crippen molar-refractivity contribution in [1.82, 2.24) is 28.7 Å². The lowest BCUT2D eigenvalue weighted by Gasteiger charge is -2.02. The van der Waals surface area contributed by atoms with Gasteiger partial charge < -0.3 is 0 Å². The smallest absolute Gasteiger partial charge is 0.264 e. The molecule has 0 saturated carbocycles. The van der Waals surface area contributed by atoms with Crippen molar-refractivity contribution in [3.05, 3.63) is 33.7 Å². The van der Waals surface area contributed by atoms with E-state index in [-0.39, 0.29) is 11.5 Å². The van der Waals surface area contributed by atoms with Crippen LogP contribution in [-0.4, -0.2) is 28.7 Å². The van der Waals surface area contributed by atoms with E-state index in [1.54, 1.807) is 17.9 Å². The fraction of sp³-hybridized carbons (Fsp3) is 0.417. The normalized spacial score (nSPS) is 11.6. The van der Waals surface area contributed by atoms with Crippen LogP contribution in [0.25, 0.3) is 11.0 Å². The van der Waals surface area contributed by atoms with Crippen LogP contribution in [0, 0.1) is 0 Å². The first-order valence-electron chi connectivity index (χ1n) is 6.26. The maximum absolute atomic E-state index is 12.3. The van der Waals surface area contributed by atoms with Crippen molar-refractivity contribution in [3.8, 4) is 0 Å². The second kappa shape index (κ2) is 4.78. The van der Waals surface area contributed by atoms with Gasteiger partial charge in [0.1, 0.15) is 22.5 Å². The Hall–Kier alpha value is -2.09. The number of rotatable bonds is 3. The fourth-order valence-electron chi connectivity index (χ4n) is 1.89. The van der Waals surface area contributed by atoms with E-state index in [1.807, 2.05) is 13.8 Å². The van der Waals surface area contributed by atoms with E-state index >= 15 is 0 Å². The average Bonchev–Trinajstić information content (AvgIpc) is 3.01. The largest absolute Gasteiger partial charge is 0.292 e. The molecule has 0 atom stereocenters. The van der Waals surface area contributed by atoms with Crippen molar-refractivity contribution in [2.45, 2.75) is 26.3 Å². The van der Waals surface area contributed by atoms with E-state index in [2.05, 4.69) is 19.4 Å². The number of nitrogens with zero attached hydrogens (tertiary/aromatic N) is 6. The molecule has 8 heteroatoms. The summed E-state index contributed by atoms with van der Waals surface area (Å²) in [5, 5.41) is 5.37. The highest BCUT2D eigenvalue weighted by Crippen LogP contribution is 2.14. The Morgan fingerprint density at radius 3 is 2.90 bits per heavy atom. The molecule has 0 amide bonds. The van der Waals surface area contributed by atoms with Gasteiger partial charge in [0.15, 0.2) is 5.65 Å². The van der Waals surface area contributed by atoms with Gasteiger partial charge in [-0.05, 0) is 11.5 Å². The minimum Gasteiger partial charge on any atom is -0.292 e. The van der Waals surface area contributed by atoms with Crippen LogP contribution >= 0.6 is 11.5 Å². The Bertz CT molecular complexity index is 815. The van der Waals surface area contributed by atoms with Crippen LogP contribution in [0.4, 0.5) is 0 Å². The summed E-state index contributed by atoms with van der Waals surface area (Å²) < 4.78 is 7.41. The quantitative estimate of drug-likeness (QED) is 0.723. The summed E-state index contributed by atoms with van der Waals surface area (Å²) in [6.07, 6.45) is 3.07. The number of aryl methyl sites for hydroxylation is 1. The van der Waals surface area contributed by atoms with Gasteiger partial charge in [-0.15, -0.1) is 0 Å². The molecule has 0 radical (unpaired) electrons. The van der Waals surface area contributed by atoms with Gasteiger partial charge in [0.05, 0.1) is 12.7 Å². The van der Waals surface area contributed by atoms with E-state index in [9.17, 15) is 4.79 Å². The molecule has 104 valence electrons. The van der Waals surface area contributed by atoms with Crippen molar-refractivity contribution in [2.75, 3.05) is 0 Å². The molecule has 20 heavy (non-hydrogen) atoms. The van der Waals surface area contributed by atoms with Gasteiger partial charge in [-0.3, -0.25) is 14.0 Å². The summed E-state index contributed by atoms with van der Waals surface area (Å²) in [6.45, 7) is 4.48. The van der Waals surface area contributed by atoms with Crippen LogP contribution < -0.4 is 5.56 Å². The minimum atomic E-state index is -0.107. The lowest BCUT2D eigenvalue weighted by molar-refractivity contribution is 0.722. The molecule has 0 N–H and O–H groups in total. The molecule has 0 aliphatic rings. The minimum absolute atomic E-state index is 0.107. The van der Waals surface area contributed by atoms with Crippen molar-refractivity contribution in [3.63, 3.8) is 0 Å². The number of hydrogen-bond donors (Lipinski definition) is 0. The summed E-state index contributed by atoms with van der Waals surface area (Å²) in [5.41, 5.74) is 0.482. The van der Waals surface area contributed by atoms with Gasteiger partial charge in [0.25, 0.3) is 5.56 Å². The molecular formula is C12H14N6OS. The first kappa shape index (κ1) is 12.9. The Labute approximate surface area is 119 Å². The number of aromatic nitrogens is 6. The predicted octanol–water partition coefficient (Wildman–Crippen LogP) is 1.15. The molecule has 3 aromatic heterocycles. The summed E-state index contributed by atoms with van der Waals surface area (Å²) in [5.74, 6) is 1.10. The zero-order chi connectivity index (χ0) is 14.3. The topological polar surface area (TPSA) is 78.5 Å². The van der Waals surface area contributed by atoms with Crippen LogP contribution in [0.3, 0.4) is 0 Å². The van der Waals surface area contributed by atoms with Crippen LogP contribution in [0.5, 0.6) is 0 Å². The van der Waals surface area contributed by atoms with Gasteiger partial charge >= 0.3 is 0 Å². The fourth-order valence-corrected chi connectivity index (χ4v) is 2.67. The maximum atomic E-state index is 12.3. The molecule has 0 unspecified atom stereocenters. The molecule has 3 rings (SSSR count). The summed E-state index contributed by atoms with van der Waals surface area (Å²) >= 11 is 1.32. The van der Waals surface area contributed by atoms with E-state index in [4.69, 9.17) is 0 Å². The first-order valence-corrected chi connectivity index (χ1v) is 7.03. The molecule has 0 fully saturated rings. The highest BCUT2D eigenvalue weighted by atomic mass is 32.1. The third-order valence-electron chi connectivity index (χ3n) is 3.02. The van der Waals surface area contributed by atoms with Gasteiger partial charge in [-0.2, -0.15) is 9.47 Å². The van der Waals surface area contributed by atoms with Gasteiger partial charge in [0, 0.05) is 13.0 Å². The van der Waals surface area contributed by atoms with Gasteiger partial charge in [0.2, 0.25) is 0 Å². The van der Waals surface area contributed by atoms with E-state index in [1.165, 1.54) is 22.4 Å². The SMILES string of the molecule is CC(C)c1nsc(Cn2cnc3c(cnn3C)c2=O)n1. The molecule has 0 saturated heterocycles. The van der Waals surface area contributed by atoms with Crippen molar-refractivity contribution < 1.29 is 0 Å². The summed E-state index contributed by atoms with van der Waals surface area (Å²) in [4.78, 5) is 21.0. The monoisotopic (exact) mass is 290 g/mol. The maximum Gasteiger partial charge on any atom is 0.264 e. The van der Waals surface area contributed by atoms with Crippen molar-refractivity contribution >= 4 is 22.6 Å². The molecule has 3 heterocycles. The van der Waals surface area contributed by atoms with Crippen LogP contribution in [0.1, 0.15) is 30.6 Å². The second-order valence-electron chi connectivity index (χ2n) is 4.88. The van der Waals surface area contributed by atoms with Crippen LogP contribution in [0.2, 0.25) is 0 Å². The third-order valence-corrected chi connectivity index (χ3v) is 3.73. The van der Waals surface area contributed by atoms with Crippen molar-refractivity contribution in [2.24, 2.45) is 7.05 Å². The lowest BCUT2D eigenvalue weighted by Crippen LogP contribution is -2.21. The molecule has 0 bridgehead atoms. The van der Waals surface area contributed by atoms with Crippen molar-refractivity contribution in [1.29, 1.82) is 0 Å². The number of fused-ring (bicyclic) bond motifs is 1. The Balaban J connectivity index is 1.98. The number of hydrogen-bond acceptors (Lipinski definition) is 6. The molecule has 3 aromatic rings. The molecule has 0 aliphatic heterocycles. The lowest BCUT2D eigenvalue weighted by atomic mass is 10.2. The van der Waals surface area contributed by atoms with Crippen LogP contribution in [0.15, 0.2) is 17.3 Å². The second-order valence-corrected chi connectivity index (χ2v) is 5.72. The molecular weight excluding hydrogens is 276 g/mol. The predicted molar refractivity (Wildman–Crippen MR) is 75.9 cm³/mol. The van der Waals surface area contributed by atoms with E-state index in [0.717, 1.165) is 10.8 Å². The first-order chi connectivity index (χ1) is 9.56.